The second-order valence-electron chi connectivity index (χ2n) is 12.8. The summed E-state index contributed by atoms with van der Waals surface area (Å²) < 4.78 is 50.5. The van der Waals surface area contributed by atoms with E-state index in [0.717, 1.165) is 63.9 Å². The van der Waals surface area contributed by atoms with Crippen LogP contribution in [0.1, 0.15) is 52.4 Å². The zero-order valence-electron chi connectivity index (χ0n) is 27.6. The highest BCUT2D eigenvalue weighted by Crippen LogP contribution is 2.42. The van der Waals surface area contributed by atoms with Crippen molar-refractivity contribution in [3.05, 3.63) is 71.8 Å². The van der Waals surface area contributed by atoms with E-state index in [1.165, 1.54) is 30.6 Å². The Labute approximate surface area is 283 Å². The van der Waals surface area contributed by atoms with Crippen molar-refractivity contribution in [1.82, 2.24) is 29.5 Å². The molecule has 2 fully saturated rings. The number of benzene rings is 2. The Morgan fingerprint density at radius 1 is 1.12 bits per heavy atom. The van der Waals surface area contributed by atoms with Crippen LogP contribution in [0, 0.1) is 34.2 Å². The van der Waals surface area contributed by atoms with Crippen molar-refractivity contribution in [3.8, 4) is 28.8 Å². The number of ether oxygens (including phenoxy) is 1. The normalized spacial score (nSPS) is 17.6. The summed E-state index contributed by atoms with van der Waals surface area (Å²) in [6.07, 6.45) is 8.70. The van der Waals surface area contributed by atoms with E-state index in [-0.39, 0.29) is 58.1 Å². The van der Waals surface area contributed by atoms with Gasteiger partial charge in [-0.15, -0.1) is 0 Å². The molecule has 256 valence electrons. The topological polar surface area (TPSA) is 126 Å². The number of fused-ring (bicyclic) bond motifs is 1. The summed E-state index contributed by atoms with van der Waals surface area (Å²) >= 11 is 0. The molecule has 6 rings (SSSR count). The molecule has 10 nitrogen and oxygen atoms in total. The van der Waals surface area contributed by atoms with Crippen LogP contribution < -0.4 is 10.5 Å². The number of amides is 1. The molecule has 0 spiro atoms. The first kappa shape index (κ1) is 33.9. The predicted octanol–water partition coefficient (Wildman–Crippen LogP) is 6.63. The Balaban J connectivity index is 1.28. The molecule has 0 bridgehead atoms. The molecule has 2 aromatic heterocycles. The standard InChI is InChI=1S/C36H39F3N8O2/c1-3-45(4-2)21-36(14-5-6-15-36)18-23(19-40)35(48)46-16-8-9-24(46)20-47-34-30(33(41)42-22-43-34)32(44-47)26-13-12-25(17-28(26)38)49-29-11-7-10-27(37)31(29)39/h7,10-13,17-18,22,24H,3-6,8-9,14-16,20-21H2,1-2H3,(H2,41,42,43). The van der Waals surface area contributed by atoms with E-state index in [1.807, 2.05) is 6.08 Å². The van der Waals surface area contributed by atoms with Crippen molar-refractivity contribution < 1.29 is 22.7 Å². The zero-order chi connectivity index (χ0) is 34.7. The SMILES string of the molecule is CCN(CC)CC1(C=C(C#N)C(=O)N2CCCC2Cn2nc(-c3ccc(Oc4cccc(F)c4F)cc3F)c3c(N)ncnc32)CCCC1. The first-order chi connectivity index (χ1) is 23.7. The predicted molar refractivity (Wildman–Crippen MR) is 179 cm³/mol. The van der Waals surface area contributed by atoms with Gasteiger partial charge in [0.1, 0.15) is 41.0 Å². The molecule has 2 aromatic carbocycles. The average Bonchev–Trinajstić information content (AvgIpc) is 3.85. The number of rotatable bonds is 11. The van der Waals surface area contributed by atoms with Crippen molar-refractivity contribution in [2.45, 2.75) is 65.0 Å². The Morgan fingerprint density at radius 3 is 2.61 bits per heavy atom. The third kappa shape index (κ3) is 6.83. The summed E-state index contributed by atoms with van der Waals surface area (Å²) in [4.78, 5) is 26.6. The van der Waals surface area contributed by atoms with Crippen LogP contribution in [0.5, 0.6) is 11.5 Å². The zero-order valence-corrected chi connectivity index (χ0v) is 27.6. The minimum absolute atomic E-state index is 0.0448. The molecule has 1 amide bonds. The lowest BCUT2D eigenvalue weighted by Gasteiger charge is -2.33. The lowest BCUT2D eigenvalue weighted by atomic mass is 9.83. The highest BCUT2D eigenvalue weighted by Gasteiger charge is 2.37. The van der Waals surface area contributed by atoms with Gasteiger partial charge in [-0.3, -0.25) is 4.79 Å². The molecule has 4 aromatic rings. The molecule has 13 heteroatoms. The maximum atomic E-state index is 15.6. The average molecular weight is 673 g/mol. The monoisotopic (exact) mass is 672 g/mol. The van der Waals surface area contributed by atoms with E-state index in [9.17, 15) is 18.8 Å². The third-order valence-corrected chi connectivity index (χ3v) is 9.75. The fourth-order valence-electron chi connectivity index (χ4n) is 7.20. The van der Waals surface area contributed by atoms with Crippen molar-refractivity contribution in [2.75, 3.05) is 31.9 Å². The number of hydrogen-bond acceptors (Lipinski definition) is 8. The van der Waals surface area contributed by atoms with Crippen LogP contribution in [0.15, 0.2) is 54.4 Å². The minimum Gasteiger partial charge on any atom is -0.454 e. The maximum Gasteiger partial charge on any atom is 0.264 e. The van der Waals surface area contributed by atoms with Crippen molar-refractivity contribution in [1.29, 1.82) is 5.26 Å². The number of nitrogen functional groups attached to an aromatic ring is 1. The first-order valence-electron chi connectivity index (χ1n) is 16.7. The fourth-order valence-corrected chi connectivity index (χ4v) is 7.20. The number of nitriles is 1. The number of nitrogens with two attached hydrogens (primary N) is 1. The smallest absolute Gasteiger partial charge is 0.264 e. The quantitative estimate of drug-likeness (QED) is 0.139. The van der Waals surface area contributed by atoms with Crippen LogP contribution in [0.3, 0.4) is 0 Å². The van der Waals surface area contributed by atoms with Gasteiger partial charge < -0.3 is 20.3 Å². The van der Waals surface area contributed by atoms with Crippen molar-refractivity contribution in [3.63, 3.8) is 0 Å². The summed E-state index contributed by atoms with van der Waals surface area (Å²) in [6, 6.07) is 9.29. The number of aromatic nitrogens is 4. The molecule has 1 aliphatic carbocycles. The van der Waals surface area contributed by atoms with Gasteiger partial charge in [-0.2, -0.15) is 14.8 Å². The van der Waals surface area contributed by atoms with Crippen molar-refractivity contribution >= 4 is 22.8 Å². The van der Waals surface area contributed by atoms with Crippen LogP contribution in [-0.2, 0) is 11.3 Å². The van der Waals surface area contributed by atoms with Gasteiger partial charge in [0.25, 0.3) is 5.91 Å². The Hall–Kier alpha value is -4.96. The molecule has 1 saturated carbocycles. The van der Waals surface area contributed by atoms with Crippen LogP contribution in [0.2, 0.25) is 0 Å². The van der Waals surface area contributed by atoms with Gasteiger partial charge in [-0.25, -0.2) is 23.4 Å². The molecule has 0 radical (unpaired) electrons. The second kappa shape index (κ2) is 14.3. The van der Waals surface area contributed by atoms with Crippen molar-refractivity contribution in [2.24, 2.45) is 5.41 Å². The highest BCUT2D eigenvalue weighted by atomic mass is 19.2. The van der Waals surface area contributed by atoms with Gasteiger partial charge in [0, 0.05) is 30.1 Å². The molecular weight excluding hydrogens is 633 g/mol. The minimum atomic E-state index is -1.18. The molecule has 2 aliphatic rings. The van der Waals surface area contributed by atoms with Gasteiger partial charge in [-0.05, 0) is 63.0 Å². The fraction of sp³-hybridized carbons (Fsp3) is 0.417. The number of nitrogens with zero attached hydrogens (tertiary/aromatic N) is 7. The molecule has 1 atom stereocenters. The lowest BCUT2D eigenvalue weighted by Crippen LogP contribution is -2.40. The summed E-state index contributed by atoms with van der Waals surface area (Å²) in [5, 5.41) is 15.2. The second-order valence-corrected chi connectivity index (χ2v) is 12.8. The molecule has 49 heavy (non-hydrogen) atoms. The van der Waals surface area contributed by atoms with E-state index in [2.05, 4.69) is 34.8 Å². The summed E-state index contributed by atoms with van der Waals surface area (Å²) in [7, 11) is 0. The van der Waals surface area contributed by atoms with E-state index in [0.29, 0.717) is 24.0 Å². The van der Waals surface area contributed by atoms with E-state index >= 15 is 4.39 Å². The van der Waals surface area contributed by atoms with E-state index in [4.69, 9.17) is 15.6 Å². The number of anilines is 1. The summed E-state index contributed by atoms with van der Waals surface area (Å²) in [5.41, 5.74) is 6.84. The first-order valence-corrected chi connectivity index (χ1v) is 16.7. The third-order valence-electron chi connectivity index (χ3n) is 9.75. The molecular formula is C36H39F3N8O2. The lowest BCUT2D eigenvalue weighted by molar-refractivity contribution is -0.127. The van der Waals surface area contributed by atoms with Gasteiger partial charge in [0.2, 0.25) is 5.82 Å². The van der Waals surface area contributed by atoms with Crippen LogP contribution in [0.4, 0.5) is 19.0 Å². The number of carbonyl (C=O) groups excluding carboxylic acids is 1. The number of likely N-dealkylation sites (tertiary alicyclic amines) is 1. The van der Waals surface area contributed by atoms with Gasteiger partial charge in [0.05, 0.1) is 18.0 Å². The molecule has 3 heterocycles. The number of hydrogen-bond donors (Lipinski definition) is 1. The number of halogens is 3. The van der Waals surface area contributed by atoms with Gasteiger partial charge >= 0.3 is 0 Å². The molecule has 1 saturated heterocycles. The van der Waals surface area contributed by atoms with E-state index in [1.54, 1.807) is 9.58 Å². The van der Waals surface area contributed by atoms with Gasteiger partial charge in [0.15, 0.2) is 17.2 Å². The maximum absolute atomic E-state index is 15.6. The Bertz CT molecular complexity index is 1930. The van der Waals surface area contributed by atoms with Crippen LogP contribution in [-0.4, -0.2) is 67.7 Å². The number of carbonyl (C=O) groups is 1. The van der Waals surface area contributed by atoms with Gasteiger partial charge in [-0.1, -0.05) is 38.8 Å². The Morgan fingerprint density at radius 2 is 1.90 bits per heavy atom. The highest BCUT2D eigenvalue weighted by molar-refractivity contribution is 5.99. The van der Waals surface area contributed by atoms with Crippen LogP contribution in [0.25, 0.3) is 22.3 Å². The molecule has 2 N–H and O–H groups in total. The van der Waals surface area contributed by atoms with Crippen LogP contribution >= 0.6 is 0 Å². The summed E-state index contributed by atoms with van der Waals surface area (Å²) in [6.45, 7) is 7.61. The summed E-state index contributed by atoms with van der Waals surface area (Å²) in [5.74, 6) is -3.64. The van der Waals surface area contributed by atoms with E-state index < -0.39 is 17.5 Å². The molecule has 1 unspecified atom stereocenters. The molecule has 1 aliphatic heterocycles. The largest absolute Gasteiger partial charge is 0.454 e. The Kier molecular flexibility index (Phi) is 9.87.